The molecule has 66 valence electrons. The Balaban J connectivity index is 1.62. The molecule has 0 saturated carbocycles. The first-order chi connectivity index (χ1) is 5.95. The predicted molar refractivity (Wildman–Crippen MR) is 51.6 cm³/mol. The summed E-state index contributed by atoms with van der Waals surface area (Å²) in [4.78, 5) is 0. The zero-order valence-electron chi connectivity index (χ0n) is 6.69. The van der Waals surface area contributed by atoms with Crippen LogP contribution in [0.25, 0.3) is 0 Å². The van der Waals surface area contributed by atoms with Crippen molar-refractivity contribution in [1.82, 2.24) is 15.5 Å². The van der Waals surface area contributed by atoms with Crippen LogP contribution in [-0.2, 0) is 0 Å². The van der Waals surface area contributed by atoms with E-state index in [1.165, 1.54) is 25.3 Å². The van der Waals surface area contributed by atoms with Gasteiger partial charge in [0.05, 0.1) is 0 Å². The largest absolute Gasteiger partial charge is 0.316 e. The van der Waals surface area contributed by atoms with E-state index in [0.29, 0.717) is 0 Å². The summed E-state index contributed by atoms with van der Waals surface area (Å²) in [5.74, 6) is 2.09. The fraction of sp³-hybridized carbons (Fsp3) is 0.714. The van der Waals surface area contributed by atoms with E-state index < -0.39 is 0 Å². The normalized spacial score (nSPS) is 17.7. The lowest BCUT2D eigenvalue weighted by Crippen LogP contribution is -2.42. The number of aromatic nitrogens is 2. The van der Waals surface area contributed by atoms with Crippen LogP contribution in [0.5, 0.6) is 0 Å². The van der Waals surface area contributed by atoms with Crippen LogP contribution < -0.4 is 5.32 Å². The monoisotopic (exact) mass is 201 g/mol. The van der Waals surface area contributed by atoms with Gasteiger partial charge in [0.2, 0.25) is 0 Å². The van der Waals surface area contributed by atoms with E-state index in [9.17, 15) is 0 Å². The molecular formula is C7H11N3S2. The minimum atomic E-state index is 0.908. The quantitative estimate of drug-likeness (QED) is 0.744. The van der Waals surface area contributed by atoms with Crippen LogP contribution in [0.15, 0.2) is 9.85 Å². The molecule has 0 aromatic carbocycles. The van der Waals surface area contributed by atoms with Crippen LogP contribution in [-0.4, -0.2) is 29.0 Å². The highest BCUT2D eigenvalue weighted by atomic mass is 32.2. The van der Waals surface area contributed by atoms with Crippen molar-refractivity contribution in [2.45, 2.75) is 10.8 Å². The molecule has 0 spiro atoms. The fourth-order valence-corrected chi connectivity index (χ4v) is 2.75. The zero-order valence-corrected chi connectivity index (χ0v) is 8.33. The van der Waals surface area contributed by atoms with Gasteiger partial charge in [-0.1, -0.05) is 23.1 Å². The summed E-state index contributed by atoms with van der Waals surface area (Å²) < 4.78 is 1.10. The number of rotatable bonds is 4. The Labute approximate surface area is 80.0 Å². The van der Waals surface area contributed by atoms with Crippen LogP contribution in [0.2, 0.25) is 0 Å². The fourth-order valence-electron chi connectivity index (χ4n) is 1.09. The van der Waals surface area contributed by atoms with Gasteiger partial charge >= 0.3 is 0 Å². The van der Waals surface area contributed by atoms with Gasteiger partial charge in [-0.25, -0.2) is 0 Å². The highest BCUT2D eigenvalue weighted by Gasteiger charge is 2.15. The van der Waals surface area contributed by atoms with Crippen LogP contribution in [0, 0.1) is 5.92 Å². The molecule has 1 aromatic heterocycles. The molecule has 3 nitrogen and oxygen atoms in total. The van der Waals surface area contributed by atoms with Crippen LogP contribution >= 0.6 is 23.1 Å². The average Bonchev–Trinajstić information content (AvgIpc) is 2.46. The maximum Gasteiger partial charge on any atom is 0.174 e. The van der Waals surface area contributed by atoms with Gasteiger partial charge in [-0.15, -0.1) is 10.2 Å². The molecule has 1 fully saturated rings. The molecule has 2 rings (SSSR count). The first-order valence-electron chi connectivity index (χ1n) is 4.05. The summed E-state index contributed by atoms with van der Waals surface area (Å²) in [6.45, 7) is 2.41. The third kappa shape index (κ3) is 2.18. The van der Waals surface area contributed by atoms with E-state index in [-0.39, 0.29) is 0 Å². The second-order valence-electron chi connectivity index (χ2n) is 2.87. The highest BCUT2D eigenvalue weighted by Crippen LogP contribution is 2.22. The summed E-state index contributed by atoms with van der Waals surface area (Å²) in [7, 11) is 0. The van der Waals surface area contributed by atoms with Gasteiger partial charge in [0.25, 0.3) is 0 Å². The summed E-state index contributed by atoms with van der Waals surface area (Å²) in [5, 5.41) is 11.0. The maximum atomic E-state index is 3.97. The molecule has 0 radical (unpaired) electrons. The number of hydrogen-bond donors (Lipinski definition) is 1. The average molecular weight is 201 g/mol. The van der Waals surface area contributed by atoms with E-state index in [4.69, 9.17) is 0 Å². The van der Waals surface area contributed by atoms with Crippen molar-refractivity contribution in [3.63, 3.8) is 0 Å². The van der Waals surface area contributed by atoms with Gasteiger partial charge in [-0.05, 0) is 25.4 Å². The molecule has 0 bridgehead atoms. The first kappa shape index (κ1) is 8.47. The number of nitrogens with one attached hydrogen (secondary N) is 1. The predicted octanol–water partition coefficient (Wildman–Crippen LogP) is 1.24. The van der Waals surface area contributed by atoms with Gasteiger partial charge < -0.3 is 5.32 Å². The van der Waals surface area contributed by atoms with Crippen molar-refractivity contribution in [2.24, 2.45) is 5.92 Å². The number of nitrogens with zero attached hydrogens (tertiary/aromatic N) is 2. The van der Waals surface area contributed by atoms with Crippen molar-refractivity contribution in [3.8, 4) is 0 Å². The Bertz CT molecular complexity index is 221. The molecule has 2 heterocycles. The molecule has 1 saturated heterocycles. The molecule has 12 heavy (non-hydrogen) atoms. The van der Waals surface area contributed by atoms with Gasteiger partial charge in [0.1, 0.15) is 5.51 Å². The zero-order chi connectivity index (χ0) is 8.23. The molecule has 1 aromatic rings. The second kappa shape index (κ2) is 4.20. The molecule has 0 atom stereocenters. The van der Waals surface area contributed by atoms with Crippen LogP contribution in [0.1, 0.15) is 6.42 Å². The molecule has 5 heteroatoms. The van der Waals surface area contributed by atoms with E-state index in [1.54, 1.807) is 16.8 Å². The Kier molecular flexibility index (Phi) is 2.97. The summed E-state index contributed by atoms with van der Waals surface area (Å²) >= 11 is 3.45. The lowest BCUT2D eigenvalue weighted by Gasteiger charge is -2.26. The van der Waals surface area contributed by atoms with E-state index in [1.807, 2.05) is 11.8 Å². The van der Waals surface area contributed by atoms with Gasteiger partial charge in [0, 0.05) is 5.75 Å². The van der Waals surface area contributed by atoms with Gasteiger partial charge in [-0.3, -0.25) is 0 Å². The SMILES string of the molecule is c1nnc(SCCC2CNC2)s1. The lowest BCUT2D eigenvalue weighted by molar-refractivity contribution is 0.341. The lowest BCUT2D eigenvalue weighted by atomic mass is 10.0. The van der Waals surface area contributed by atoms with Crippen molar-refractivity contribution in [3.05, 3.63) is 5.51 Å². The molecule has 0 unspecified atom stereocenters. The molecule has 1 aliphatic rings. The van der Waals surface area contributed by atoms with Crippen LogP contribution in [0.4, 0.5) is 0 Å². The summed E-state index contributed by atoms with van der Waals surface area (Å²) in [6, 6.07) is 0. The molecular weight excluding hydrogens is 190 g/mol. The maximum absolute atomic E-state index is 3.97. The Morgan fingerprint density at radius 1 is 1.67 bits per heavy atom. The second-order valence-corrected chi connectivity index (χ2v) is 5.04. The highest BCUT2D eigenvalue weighted by molar-refractivity contribution is 8.00. The third-order valence-electron chi connectivity index (χ3n) is 1.96. The first-order valence-corrected chi connectivity index (χ1v) is 5.91. The van der Waals surface area contributed by atoms with Gasteiger partial charge in [-0.2, -0.15) is 0 Å². The third-order valence-corrected chi connectivity index (χ3v) is 3.85. The summed E-state index contributed by atoms with van der Waals surface area (Å²) in [6.07, 6.45) is 1.30. The van der Waals surface area contributed by atoms with E-state index >= 15 is 0 Å². The number of hydrogen-bond acceptors (Lipinski definition) is 5. The molecule has 1 aliphatic heterocycles. The minimum absolute atomic E-state index is 0.908. The minimum Gasteiger partial charge on any atom is -0.316 e. The standard InChI is InChI=1S/C7H11N3S2/c1(6-3-8-4-6)2-11-7-10-9-5-12-7/h5-6,8H,1-4H2. The van der Waals surface area contributed by atoms with Crippen molar-refractivity contribution in [1.29, 1.82) is 0 Å². The van der Waals surface area contributed by atoms with Crippen molar-refractivity contribution < 1.29 is 0 Å². The van der Waals surface area contributed by atoms with Crippen molar-refractivity contribution >= 4 is 23.1 Å². The van der Waals surface area contributed by atoms with Gasteiger partial charge in [0.15, 0.2) is 4.34 Å². The summed E-state index contributed by atoms with van der Waals surface area (Å²) in [5.41, 5.74) is 1.78. The topological polar surface area (TPSA) is 37.8 Å². The molecule has 0 amide bonds. The molecule has 1 N–H and O–H groups in total. The molecule has 0 aliphatic carbocycles. The van der Waals surface area contributed by atoms with E-state index in [2.05, 4.69) is 15.5 Å². The Hall–Kier alpha value is -0.130. The van der Waals surface area contributed by atoms with Crippen LogP contribution in [0.3, 0.4) is 0 Å². The van der Waals surface area contributed by atoms with E-state index in [0.717, 1.165) is 10.3 Å². The smallest absolute Gasteiger partial charge is 0.174 e. The van der Waals surface area contributed by atoms with Crippen molar-refractivity contribution in [2.75, 3.05) is 18.8 Å². The Morgan fingerprint density at radius 3 is 3.17 bits per heavy atom. The Morgan fingerprint density at radius 2 is 2.58 bits per heavy atom. The number of thioether (sulfide) groups is 1.